The van der Waals surface area contributed by atoms with Crippen molar-refractivity contribution in [3.63, 3.8) is 0 Å². The summed E-state index contributed by atoms with van der Waals surface area (Å²) in [4.78, 5) is 24.5. The highest BCUT2D eigenvalue weighted by molar-refractivity contribution is 5.22. The molecule has 1 N–H and O–H groups in total. The number of H-pyrrole nitrogens is 1. The molecule has 0 radical (unpaired) electrons. The molecule has 2 rings (SSSR count). The van der Waals surface area contributed by atoms with Gasteiger partial charge in [0.2, 0.25) is 0 Å². The van der Waals surface area contributed by atoms with Crippen LogP contribution >= 0.6 is 0 Å². The van der Waals surface area contributed by atoms with Crippen molar-refractivity contribution in [1.29, 1.82) is 5.26 Å². The molecule has 1 aliphatic carbocycles. The van der Waals surface area contributed by atoms with Gasteiger partial charge in [-0.05, 0) is 12.3 Å². The topological polar surface area (TPSA) is 78.7 Å². The maximum absolute atomic E-state index is 11.3. The maximum atomic E-state index is 11.3. The molecule has 1 aliphatic rings. The van der Waals surface area contributed by atoms with Gasteiger partial charge in [-0.1, -0.05) is 6.92 Å². The van der Waals surface area contributed by atoms with Crippen molar-refractivity contribution in [2.45, 2.75) is 19.4 Å². The van der Waals surface area contributed by atoms with Crippen LogP contribution in [0.5, 0.6) is 0 Å². The van der Waals surface area contributed by atoms with E-state index in [2.05, 4.69) is 4.98 Å². The third kappa shape index (κ3) is 1.25. The van der Waals surface area contributed by atoms with Gasteiger partial charge in [0.1, 0.15) is 11.6 Å². The smallest absolute Gasteiger partial charge is 0.296 e. The van der Waals surface area contributed by atoms with Crippen LogP contribution in [0.25, 0.3) is 0 Å². The molecule has 1 aromatic rings. The summed E-state index contributed by atoms with van der Waals surface area (Å²) >= 11 is 0. The van der Waals surface area contributed by atoms with E-state index in [4.69, 9.17) is 5.26 Å². The fourth-order valence-corrected chi connectivity index (χ4v) is 1.50. The Hall–Kier alpha value is -1.83. The highest BCUT2D eigenvalue weighted by atomic mass is 16.2. The van der Waals surface area contributed by atoms with Gasteiger partial charge in [-0.25, -0.2) is 4.79 Å². The molecule has 5 nitrogen and oxygen atoms in total. The van der Waals surface area contributed by atoms with E-state index in [-0.39, 0.29) is 11.6 Å². The number of nitrogens with zero attached hydrogens (tertiary/aromatic N) is 2. The zero-order valence-corrected chi connectivity index (χ0v) is 7.65. The predicted octanol–water partition coefficient (Wildman–Crippen LogP) is -0.0108. The zero-order chi connectivity index (χ0) is 10.3. The molecule has 1 aromatic heterocycles. The first-order chi connectivity index (χ1) is 6.63. The first-order valence-corrected chi connectivity index (χ1v) is 4.39. The van der Waals surface area contributed by atoms with Gasteiger partial charge in [0.15, 0.2) is 0 Å². The third-order valence-electron chi connectivity index (χ3n) is 2.51. The molecule has 1 heterocycles. The van der Waals surface area contributed by atoms with Crippen LogP contribution in [0.15, 0.2) is 15.8 Å². The highest BCUT2D eigenvalue weighted by Gasteiger charge is 2.35. The summed E-state index contributed by atoms with van der Waals surface area (Å²) in [5.74, 6) is 0.449. The first-order valence-electron chi connectivity index (χ1n) is 4.39. The average molecular weight is 191 g/mol. The summed E-state index contributed by atoms with van der Waals surface area (Å²) in [7, 11) is 0. The molecule has 2 atom stereocenters. The Morgan fingerprint density at radius 1 is 1.64 bits per heavy atom. The lowest BCUT2D eigenvalue weighted by Gasteiger charge is -2.01. The fraction of sp³-hybridized carbons (Fsp3) is 0.444. The van der Waals surface area contributed by atoms with E-state index in [1.54, 1.807) is 6.07 Å². The van der Waals surface area contributed by atoms with Crippen molar-refractivity contribution in [1.82, 2.24) is 9.55 Å². The molecule has 2 unspecified atom stereocenters. The van der Waals surface area contributed by atoms with Crippen molar-refractivity contribution < 1.29 is 0 Å². The van der Waals surface area contributed by atoms with Crippen LogP contribution in [0, 0.1) is 17.2 Å². The standard InChI is InChI=1S/C9H9N3O2/c1-5-2-7(5)12-4-6(3-10)8(13)11-9(12)14/h4-5,7H,2H2,1H3,(H,11,13,14). The van der Waals surface area contributed by atoms with Crippen LogP contribution in [0.2, 0.25) is 0 Å². The van der Waals surface area contributed by atoms with E-state index in [0.29, 0.717) is 5.92 Å². The van der Waals surface area contributed by atoms with Gasteiger partial charge in [0.25, 0.3) is 5.56 Å². The quantitative estimate of drug-likeness (QED) is 0.678. The van der Waals surface area contributed by atoms with Crippen LogP contribution in [0.3, 0.4) is 0 Å². The fourth-order valence-electron chi connectivity index (χ4n) is 1.50. The van der Waals surface area contributed by atoms with Crippen LogP contribution < -0.4 is 11.2 Å². The Kier molecular flexibility index (Phi) is 1.78. The van der Waals surface area contributed by atoms with Crippen molar-refractivity contribution >= 4 is 0 Å². The molecular weight excluding hydrogens is 182 g/mol. The third-order valence-corrected chi connectivity index (χ3v) is 2.51. The first kappa shape index (κ1) is 8.75. The van der Waals surface area contributed by atoms with Gasteiger partial charge in [-0.3, -0.25) is 14.3 Å². The summed E-state index contributed by atoms with van der Waals surface area (Å²) in [5.41, 5.74) is -1.05. The van der Waals surface area contributed by atoms with Gasteiger partial charge < -0.3 is 0 Å². The Morgan fingerprint density at radius 2 is 2.29 bits per heavy atom. The van der Waals surface area contributed by atoms with Crippen molar-refractivity contribution in [3.05, 3.63) is 32.6 Å². The largest absolute Gasteiger partial charge is 0.328 e. The summed E-state index contributed by atoms with van der Waals surface area (Å²) in [6.07, 6.45) is 2.27. The predicted molar refractivity (Wildman–Crippen MR) is 48.9 cm³/mol. The minimum Gasteiger partial charge on any atom is -0.296 e. The van der Waals surface area contributed by atoms with Gasteiger partial charge in [-0.2, -0.15) is 5.26 Å². The number of rotatable bonds is 1. The number of aromatic amines is 1. The summed E-state index contributed by atoms with van der Waals surface area (Å²) in [5, 5.41) is 8.62. The van der Waals surface area contributed by atoms with E-state index in [9.17, 15) is 9.59 Å². The van der Waals surface area contributed by atoms with Crippen LogP contribution in [0.1, 0.15) is 24.9 Å². The molecular formula is C9H9N3O2. The van der Waals surface area contributed by atoms with Crippen LogP contribution in [-0.2, 0) is 0 Å². The van der Waals surface area contributed by atoms with E-state index in [0.717, 1.165) is 6.42 Å². The Balaban J connectivity index is 2.57. The van der Waals surface area contributed by atoms with Gasteiger partial charge in [0, 0.05) is 12.2 Å². The Morgan fingerprint density at radius 3 is 2.79 bits per heavy atom. The van der Waals surface area contributed by atoms with Crippen LogP contribution in [0.4, 0.5) is 0 Å². The molecule has 0 spiro atoms. The lowest BCUT2D eigenvalue weighted by molar-refractivity contribution is 0.633. The number of hydrogen-bond donors (Lipinski definition) is 1. The van der Waals surface area contributed by atoms with Crippen molar-refractivity contribution in [3.8, 4) is 6.07 Å². The molecule has 5 heteroatoms. The molecule has 14 heavy (non-hydrogen) atoms. The normalized spacial score (nSPS) is 24.3. The highest BCUT2D eigenvalue weighted by Crippen LogP contribution is 2.41. The van der Waals surface area contributed by atoms with E-state index in [1.807, 2.05) is 6.92 Å². The average Bonchev–Trinajstić information content (AvgIpc) is 2.83. The molecule has 0 bridgehead atoms. The SMILES string of the molecule is CC1CC1n1cc(C#N)c(=O)[nH]c1=O. The Labute approximate surface area is 79.6 Å². The molecule has 0 aliphatic heterocycles. The minimum absolute atomic E-state index is 0.0105. The lowest BCUT2D eigenvalue weighted by Crippen LogP contribution is -2.30. The summed E-state index contributed by atoms with van der Waals surface area (Å²) in [6.45, 7) is 2.02. The monoisotopic (exact) mass is 191 g/mol. The Bertz CT molecular complexity index is 520. The van der Waals surface area contributed by atoms with Crippen molar-refractivity contribution in [2.75, 3.05) is 0 Å². The van der Waals surface area contributed by atoms with Gasteiger partial charge >= 0.3 is 5.69 Å². The van der Waals surface area contributed by atoms with E-state index in [1.165, 1.54) is 10.8 Å². The summed E-state index contributed by atoms with van der Waals surface area (Å²) < 4.78 is 1.44. The number of nitriles is 1. The molecule has 0 aromatic carbocycles. The lowest BCUT2D eigenvalue weighted by atomic mass is 10.3. The van der Waals surface area contributed by atoms with Crippen LogP contribution in [-0.4, -0.2) is 9.55 Å². The molecule has 0 amide bonds. The van der Waals surface area contributed by atoms with E-state index >= 15 is 0 Å². The van der Waals surface area contributed by atoms with Gasteiger partial charge in [0.05, 0.1) is 0 Å². The zero-order valence-electron chi connectivity index (χ0n) is 7.65. The number of hydrogen-bond acceptors (Lipinski definition) is 3. The van der Waals surface area contributed by atoms with E-state index < -0.39 is 11.2 Å². The van der Waals surface area contributed by atoms with Crippen molar-refractivity contribution in [2.24, 2.45) is 5.92 Å². The molecule has 1 fully saturated rings. The summed E-state index contributed by atoms with van der Waals surface area (Å²) in [6, 6.07) is 1.90. The number of aromatic nitrogens is 2. The minimum atomic E-state index is -0.609. The van der Waals surface area contributed by atoms with Gasteiger partial charge in [-0.15, -0.1) is 0 Å². The maximum Gasteiger partial charge on any atom is 0.328 e. The molecule has 72 valence electrons. The second-order valence-corrected chi connectivity index (χ2v) is 3.60. The second-order valence-electron chi connectivity index (χ2n) is 3.60. The second kappa shape index (κ2) is 2.84. The molecule has 0 saturated heterocycles. The number of nitrogens with one attached hydrogen (secondary N) is 1. The molecule has 1 saturated carbocycles.